The van der Waals surface area contributed by atoms with Crippen LogP contribution in [0.5, 0.6) is 0 Å². The Kier molecular flexibility index (Phi) is 7.15. The van der Waals surface area contributed by atoms with Crippen LogP contribution < -0.4 is 5.32 Å². The van der Waals surface area contributed by atoms with Gasteiger partial charge in [0, 0.05) is 44.2 Å². The Labute approximate surface area is 128 Å². The smallest absolute Gasteiger partial charge is 0.227 e. The van der Waals surface area contributed by atoms with E-state index in [4.69, 9.17) is 4.74 Å². The van der Waals surface area contributed by atoms with Crippen LogP contribution in [0.1, 0.15) is 47.0 Å². The van der Waals surface area contributed by atoms with Gasteiger partial charge in [0.15, 0.2) is 0 Å². The minimum Gasteiger partial charge on any atom is -0.382 e. The summed E-state index contributed by atoms with van der Waals surface area (Å²) >= 11 is 0. The lowest BCUT2D eigenvalue weighted by Gasteiger charge is -2.35. The molecule has 1 rings (SSSR count). The molecule has 5 heteroatoms. The second-order valence-corrected chi connectivity index (χ2v) is 6.66. The van der Waals surface area contributed by atoms with Gasteiger partial charge in [-0.3, -0.25) is 9.59 Å². The minimum atomic E-state index is -0.339. The van der Waals surface area contributed by atoms with Crippen LogP contribution in [0.3, 0.4) is 0 Å². The normalized spacial score (nSPS) is 16.9. The van der Waals surface area contributed by atoms with E-state index in [1.54, 1.807) is 0 Å². The molecule has 0 unspecified atom stereocenters. The summed E-state index contributed by atoms with van der Waals surface area (Å²) in [6.45, 7) is 11.2. The van der Waals surface area contributed by atoms with Crippen molar-refractivity contribution in [2.24, 2.45) is 11.3 Å². The van der Waals surface area contributed by atoms with Gasteiger partial charge in [-0.1, -0.05) is 20.8 Å². The lowest BCUT2D eigenvalue weighted by Crippen LogP contribution is -2.46. The van der Waals surface area contributed by atoms with Gasteiger partial charge >= 0.3 is 0 Å². The number of ether oxygens (including phenoxy) is 1. The van der Waals surface area contributed by atoms with E-state index < -0.39 is 0 Å². The number of hydrogen-bond donors (Lipinski definition) is 1. The molecule has 1 saturated heterocycles. The van der Waals surface area contributed by atoms with E-state index in [2.05, 4.69) is 5.32 Å². The van der Waals surface area contributed by atoms with Crippen LogP contribution in [0.15, 0.2) is 0 Å². The molecule has 0 aromatic heterocycles. The molecule has 0 spiro atoms. The third-order valence-electron chi connectivity index (χ3n) is 3.76. The SMILES string of the molecule is CCOCCCNC(=O)C1CCN(C(=O)C(C)(C)C)CC1. The number of amides is 2. The second-order valence-electron chi connectivity index (χ2n) is 6.66. The van der Waals surface area contributed by atoms with Crippen LogP contribution in [-0.2, 0) is 14.3 Å². The summed E-state index contributed by atoms with van der Waals surface area (Å²) in [5.41, 5.74) is -0.339. The van der Waals surface area contributed by atoms with Crippen LogP contribution in [0, 0.1) is 11.3 Å². The molecule has 0 aromatic rings. The molecule has 0 aromatic carbocycles. The van der Waals surface area contributed by atoms with Crippen molar-refractivity contribution >= 4 is 11.8 Å². The highest BCUT2D eigenvalue weighted by Crippen LogP contribution is 2.23. The topological polar surface area (TPSA) is 58.6 Å². The summed E-state index contributed by atoms with van der Waals surface area (Å²) in [6, 6.07) is 0. The third kappa shape index (κ3) is 6.04. The van der Waals surface area contributed by atoms with Gasteiger partial charge in [0.1, 0.15) is 0 Å². The molecule has 0 atom stereocenters. The first-order chi connectivity index (χ1) is 9.86. The van der Waals surface area contributed by atoms with Crippen molar-refractivity contribution in [1.82, 2.24) is 10.2 Å². The third-order valence-corrected chi connectivity index (χ3v) is 3.76. The Morgan fingerprint density at radius 3 is 2.38 bits per heavy atom. The highest BCUT2D eigenvalue weighted by Gasteiger charge is 2.32. The van der Waals surface area contributed by atoms with Crippen LogP contribution >= 0.6 is 0 Å². The molecule has 122 valence electrons. The number of carbonyl (C=O) groups is 2. The molecule has 1 N–H and O–H groups in total. The Balaban J connectivity index is 2.26. The van der Waals surface area contributed by atoms with Gasteiger partial charge in [-0.15, -0.1) is 0 Å². The van der Waals surface area contributed by atoms with Gasteiger partial charge in [-0.05, 0) is 26.2 Å². The number of hydrogen-bond acceptors (Lipinski definition) is 3. The van der Waals surface area contributed by atoms with Crippen molar-refractivity contribution in [3.63, 3.8) is 0 Å². The van der Waals surface area contributed by atoms with Gasteiger partial charge < -0.3 is 15.0 Å². The van der Waals surface area contributed by atoms with Crippen LogP contribution in [0.4, 0.5) is 0 Å². The number of nitrogens with one attached hydrogen (secondary N) is 1. The Morgan fingerprint density at radius 2 is 1.86 bits per heavy atom. The molecule has 1 fully saturated rings. The monoisotopic (exact) mass is 298 g/mol. The van der Waals surface area contributed by atoms with Crippen molar-refractivity contribution in [1.29, 1.82) is 0 Å². The molecule has 0 saturated carbocycles. The molecule has 2 amide bonds. The summed E-state index contributed by atoms with van der Waals surface area (Å²) in [5, 5.41) is 2.96. The van der Waals surface area contributed by atoms with Crippen LogP contribution in [-0.4, -0.2) is 49.6 Å². The van der Waals surface area contributed by atoms with Crippen LogP contribution in [0.2, 0.25) is 0 Å². The Morgan fingerprint density at radius 1 is 1.24 bits per heavy atom. The van der Waals surface area contributed by atoms with Crippen molar-refractivity contribution in [2.45, 2.75) is 47.0 Å². The molecule has 0 aliphatic carbocycles. The van der Waals surface area contributed by atoms with Gasteiger partial charge in [-0.25, -0.2) is 0 Å². The first-order valence-corrected chi connectivity index (χ1v) is 8.01. The quantitative estimate of drug-likeness (QED) is 0.761. The molecule has 1 aliphatic rings. The summed E-state index contributed by atoms with van der Waals surface area (Å²) in [6.07, 6.45) is 2.37. The molecule has 0 bridgehead atoms. The minimum absolute atomic E-state index is 0.0427. The average molecular weight is 298 g/mol. The summed E-state index contributed by atoms with van der Waals surface area (Å²) in [5.74, 6) is 0.341. The highest BCUT2D eigenvalue weighted by atomic mass is 16.5. The van der Waals surface area contributed by atoms with E-state index in [0.29, 0.717) is 32.8 Å². The number of carbonyl (C=O) groups excluding carboxylic acids is 2. The van der Waals surface area contributed by atoms with Crippen LogP contribution in [0.25, 0.3) is 0 Å². The molecular formula is C16H30N2O3. The van der Waals surface area contributed by atoms with E-state index >= 15 is 0 Å². The zero-order valence-corrected chi connectivity index (χ0v) is 13.9. The van der Waals surface area contributed by atoms with E-state index in [0.717, 1.165) is 19.3 Å². The van der Waals surface area contributed by atoms with E-state index in [1.807, 2.05) is 32.6 Å². The predicted molar refractivity (Wildman–Crippen MR) is 82.9 cm³/mol. The number of piperidine rings is 1. The van der Waals surface area contributed by atoms with E-state index in [-0.39, 0.29) is 23.1 Å². The van der Waals surface area contributed by atoms with Gasteiger partial charge in [-0.2, -0.15) is 0 Å². The maximum Gasteiger partial charge on any atom is 0.227 e. The Hall–Kier alpha value is -1.10. The Bertz CT molecular complexity index is 342. The van der Waals surface area contributed by atoms with Gasteiger partial charge in [0.05, 0.1) is 0 Å². The highest BCUT2D eigenvalue weighted by molar-refractivity contribution is 5.82. The first-order valence-electron chi connectivity index (χ1n) is 8.01. The maximum absolute atomic E-state index is 12.2. The van der Waals surface area contributed by atoms with E-state index in [9.17, 15) is 9.59 Å². The molecule has 0 radical (unpaired) electrons. The maximum atomic E-state index is 12.2. The molecule has 1 aliphatic heterocycles. The van der Waals surface area contributed by atoms with Crippen molar-refractivity contribution in [3.8, 4) is 0 Å². The zero-order valence-electron chi connectivity index (χ0n) is 13.9. The van der Waals surface area contributed by atoms with Crippen molar-refractivity contribution in [3.05, 3.63) is 0 Å². The fraction of sp³-hybridized carbons (Fsp3) is 0.875. The largest absolute Gasteiger partial charge is 0.382 e. The average Bonchev–Trinajstić information content (AvgIpc) is 2.45. The lowest BCUT2D eigenvalue weighted by atomic mass is 9.90. The summed E-state index contributed by atoms with van der Waals surface area (Å²) in [4.78, 5) is 26.1. The fourth-order valence-corrected chi connectivity index (χ4v) is 2.49. The van der Waals surface area contributed by atoms with E-state index in [1.165, 1.54) is 0 Å². The number of likely N-dealkylation sites (tertiary alicyclic amines) is 1. The predicted octanol–water partition coefficient (Wildman–Crippen LogP) is 1.81. The van der Waals surface area contributed by atoms with Gasteiger partial charge in [0.2, 0.25) is 11.8 Å². The molecule has 5 nitrogen and oxygen atoms in total. The first kappa shape index (κ1) is 18.0. The fourth-order valence-electron chi connectivity index (χ4n) is 2.49. The lowest BCUT2D eigenvalue weighted by molar-refractivity contribution is -0.142. The molecular weight excluding hydrogens is 268 g/mol. The van der Waals surface area contributed by atoms with Crippen molar-refractivity contribution < 1.29 is 14.3 Å². The second kappa shape index (κ2) is 8.37. The molecule has 21 heavy (non-hydrogen) atoms. The summed E-state index contributed by atoms with van der Waals surface area (Å²) < 4.78 is 5.24. The summed E-state index contributed by atoms with van der Waals surface area (Å²) in [7, 11) is 0. The molecule has 1 heterocycles. The van der Waals surface area contributed by atoms with Crippen molar-refractivity contribution in [2.75, 3.05) is 32.8 Å². The number of nitrogens with zero attached hydrogens (tertiary/aromatic N) is 1. The standard InChI is InChI=1S/C16H30N2O3/c1-5-21-12-6-9-17-14(19)13-7-10-18(11-8-13)15(20)16(2,3)4/h13H,5-12H2,1-4H3,(H,17,19). The van der Waals surface area contributed by atoms with Gasteiger partial charge in [0.25, 0.3) is 0 Å². The zero-order chi connectivity index (χ0) is 15.9. The number of rotatable bonds is 6.